The normalized spacial score (nSPS) is 12.0. The molecule has 2 N–H and O–H groups in total. The smallest absolute Gasteiger partial charge is 0.241 e. The highest BCUT2D eigenvalue weighted by molar-refractivity contribution is 9.10. The zero-order valence-corrected chi connectivity index (χ0v) is 14.0. The van der Waals surface area contributed by atoms with Gasteiger partial charge >= 0.3 is 0 Å². The van der Waals surface area contributed by atoms with Crippen LogP contribution in [0.3, 0.4) is 0 Å². The Morgan fingerprint density at radius 2 is 2.05 bits per heavy atom. The summed E-state index contributed by atoms with van der Waals surface area (Å²) in [6.45, 7) is 5.58. The van der Waals surface area contributed by atoms with Crippen molar-refractivity contribution in [3.05, 3.63) is 22.2 Å². The largest absolute Gasteiger partial charge is 0.492 e. The molecule has 0 aliphatic rings. The summed E-state index contributed by atoms with van der Waals surface area (Å²) < 4.78 is 29.4. The number of ether oxygens (including phenoxy) is 1. The predicted molar refractivity (Wildman–Crippen MR) is 79.8 cm³/mol. The van der Waals surface area contributed by atoms with Gasteiger partial charge < -0.3 is 4.74 Å². The van der Waals surface area contributed by atoms with E-state index in [0.29, 0.717) is 16.5 Å². The topological polar surface area (TPSA) is 93.2 Å². The average molecular weight is 361 g/mol. The summed E-state index contributed by atoms with van der Waals surface area (Å²) in [7, 11) is -3.87. The Kier molecular flexibility index (Phi) is 5.19. The quantitative estimate of drug-likeness (QED) is 0.873. The molecule has 1 aromatic rings. The highest BCUT2D eigenvalue weighted by atomic mass is 79.9. The van der Waals surface area contributed by atoms with Crippen molar-refractivity contribution in [1.82, 2.24) is 0 Å². The van der Waals surface area contributed by atoms with E-state index in [1.807, 2.05) is 0 Å². The molecule has 0 saturated heterocycles. The molecule has 110 valence electrons. The summed E-state index contributed by atoms with van der Waals surface area (Å²) in [5.74, 6) is 0.240. The van der Waals surface area contributed by atoms with E-state index in [2.05, 4.69) is 22.0 Å². The number of primary sulfonamides is 1. The van der Waals surface area contributed by atoms with Crippen molar-refractivity contribution in [2.75, 3.05) is 6.61 Å². The fourth-order valence-corrected chi connectivity index (χ4v) is 3.05. The molecule has 0 saturated carbocycles. The SMILES string of the molecule is Cc1cc(Br)cc(S(N)(=O)=O)c1OCCC(C)(C)C#N. The zero-order chi connectivity index (χ0) is 15.6. The van der Waals surface area contributed by atoms with Gasteiger partial charge in [-0.05, 0) is 44.9 Å². The summed E-state index contributed by atoms with van der Waals surface area (Å²) in [6, 6.07) is 5.32. The van der Waals surface area contributed by atoms with Gasteiger partial charge in [-0.3, -0.25) is 0 Å². The fourth-order valence-electron chi connectivity index (χ4n) is 1.56. The molecule has 0 spiro atoms. The third-order valence-corrected chi connectivity index (χ3v) is 4.16. The zero-order valence-electron chi connectivity index (χ0n) is 11.6. The Morgan fingerprint density at radius 1 is 1.45 bits per heavy atom. The van der Waals surface area contributed by atoms with Crippen LogP contribution in [-0.4, -0.2) is 15.0 Å². The highest BCUT2D eigenvalue weighted by Gasteiger charge is 2.21. The van der Waals surface area contributed by atoms with Gasteiger partial charge in [0, 0.05) is 4.47 Å². The van der Waals surface area contributed by atoms with Crippen molar-refractivity contribution in [3.8, 4) is 11.8 Å². The molecule has 0 radical (unpaired) electrons. The van der Waals surface area contributed by atoms with Crippen LogP contribution in [0.15, 0.2) is 21.5 Å². The van der Waals surface area contributed by atoms with Gasteiger partial charge in [0.05, 0.1) is 18.1 Å². The van der Waals surface area contributed by atoms with Gasteiger partial charge in [-0.1, -0.05) is 15.9 Å². The molecule has 0 aliphatic heterocycles. The van der Waals surface area contributed by atoms with E-state index in [9.17, 15) is 8.42 Å². The molecule has 5 nitrogen and oxygen atoms in total. The van der Waals surface area contributed by atoms with Crippen molar-refractivity contribution in [2.24, 2.45) is 10.6 Å². The molecule has 20 heavy (non-hydrogen) atoms. The number of nitriles is 1. The lowest BCUT2D eigenvalue weighted by Crippen LogP contribution is -2.17. The first kappa shape index (κ1) is 17.0. The molecule has 0 aliphatic carbocycles. The number of halogens is 1. The number of aryl methyl sites for hydroxylation is 1. The Labute approximate surface area is 127 Å². The van der Waals surface area contributed by atoms with E-state index < -0.39 is 15.4 Å². The van der Waals surface area contributed by atoms with E-state index in [1.54, 1.807) is 26.8 Å². The van der Waals surface area contributed by atoms with Crippen molar-refractivity contribution < 1.29 is 13.2 Å². The van der Waals surface area contributed by atoms with Crippen molar-refractivity contribution in [3.63, 3.8) is 0 Å². The second-order valence-corrected chi connectivity index (χ2v) is 7.63. The Balaban J connectivity index is 3.05. The molecule has 0 bridgehead atoms. The fraction of sp³-hybridized carbons (Fsp3) is 0.462. The number of hydrogen-bond acceptors (Lipinski definition) is 4. The van der Waals surface area contributed by atoms with E-state index >= 15 is 0 Å². The second kappa shape index (κ2) is 6.12. The maximum Gasteiger partial charge on any atom is 0.241 e. The lowest BCUT2D eigenvalue weighted by molar-refractivity contribution is 0.257. The minimum Gasteiger partial charge on any atom is -0.492 e. The van der Waals surface area contributed by atoms with Crippen LogP contribution in [0.5, 0.6) is 5.75 Å². The lowest BCUT2D eigenvalue weighted by Gasteiger charge is -2.18. The number of rotatable bonds is 5. The molecular formula is C13H17BrN2O3S. The Morgan fingerprint density at radius 3 is 2.55 bits per heavy atom. The van der Waals surface area contributed by atoms with Crippen LogP contribution in [0.1, 0.15) is 25.8 Å². The summed E-state index contributed by atoms with van der Waals surface area (Å²) >= 11 is 3.23. The van der Waals surface area contributed by atoms with Crippen LogP contribution >= 0.6 is 15.9 Å². The predicted octanol–water partition coefficient (Wildman–Crippen LogP) is 2.72. The lowest BCUT2D eigenvalue weighted by atomic mass is 9.92. The minimum absolute atomic E-state index is 0.0564. The van der Waals surface area contributed by atoms with Gasteiger partial charge in [-0.2, -0.15) is 5.26 Å². The van der Waals surface area contributed by atoms with Crippen LogP contribution in [0.25, 0.3) is 0 Å². The third kappa shape index (κ3) is 4.47. The summed E-state index contributed by atoms with van der Waals surface area (Å²) in [6.07, 6.45) is 0.489. The van der Waals surface area contributed by atoms with Crippen LogP contribution < -0.4 is 9.88 Å². The van der Waals surface area contributed by atoms with Crippen LogP contribution in [0, 0.1) is 23.7 Å². The number of hydrogen-bond donors (Lipinski definition) is 1. The molecule has 0 aromatic heterocycles. The number of nitrogens with two attached hydrogens (primary N) is 1. The maximum absolute atomic E-state index is 11.6. The van der Waals surface area contributed by atoms with E-state index in [4.69, 9.17) is 15.1 Å². The van der Waals surface area contributed by atoms with E-state index in [1.165, 1.54) is 6.07 Å². The Bertz CT molecular complexity index is 648. The number of nitrogens with zero attached hydrogens (tertiary/aromatic N) is 1. The van der Waals surface area contributed by atoms with Gasteiger partial charge in [-0.15, -0.1) is 0 Å². The highest BCUT2D eigenvalue weighted by Crippen LogP contribution is 2.31. The van der Waals surface area contributed by atoms with Crippen LogP contribution in [0.2, 0.25) is 0 Å². The van der Waals surface area contributed by atoms with Crippen molar-refractivity contribution >= 4 is 26.0 Å². The first-order valence-corrected chi connectivity index (χ1v) is 8.28. The molecule has 0 amide bonds. The third-order valence-electron chi connectivity index (χ3n) is 2.79. The van der Waals surface area contributed by atoms with Crippen molar-refractivity contribution in [2.45, 2.75) is 32.1 Å². The van der Waals surface area contributed by atoms with Gasteiger partial charge in [-0.25, -0.2) is 13.6 Å². The summed E-state index contributed by atoms with van der Waals surface area (Å²) in [5.41, 5.74) is 0.142. The number of benzene rings is 1. The van der Waals surface area contributed by atoms with Gasteiger partial charge in [0.15, 0.2) is 0 Å². The second-order valence-electron chi connectivity index (χ2n) is 5.19. The van der Waals surface area contributed by atoms with E-state index in [0.717, 1.165) is 0 Å². The van der Waals surface area contributed by atoms with Gasteiger partial charge in [0.2, 0.25) is 10.0 Å². The van der Waals surface area contributed by atoms with Gasteiger partial charge in [0.1, 0.15) is 10.6 Å². The monoisotopic (exact) mass is 360 g/mol. The molecule has 0 atom stereocenters. The molecular weight excluding hydrogens is 344 g/mol. The molecule has 7 heteroatoms. The molecule has 0 unspecified atom stereocenters. The van der Waals surface area contributed by atoms with Crippen LogP contribution in [-0.2, 0) is 10.0 Å². The molecule has 1 rings (SSSR count). The van der Waals surface area contributed by atoms with E-state index in [-0.39, 0.29) is 17.3 Å². The summed E-state index contributed by atoms with van der Waals surface area (Å²) in [5, 5.41) is 14.1. The number of sulfonamides is 1. The molecule has 0 heterocycles. The first-order valence-electron chi connectivity index (χ1n) is 5.94. The molecule has 1 aromatic carbocycles. The van der Waals surface area contributed by atoms with Crippen molar-refractivity contribution in [1.29, 1.82) is 5.26 Å². The molecule has 0 fully saturated rings. The van der Waals surface area contributed by atoms with Crippen LogP contribution in [0.4, 0.5) is 0 Å². The first-order chi connectivity index (χ1) is 9.07. The Hall–Kier alpha value is -1.10. The maximum atomic E-state index is 11.6. The average Bonchev–Trinajstić information content (AvgIpc) is 2.30. The minimum atomic E-state index is -3.87. The van der Waals surface area contributed by atoms with Gasteiger partial charge in [0.25, 0.3) is 0 Å². The standard InChI is InChI=1S/C13H17BrN2O3S/c1-9-6-10(14)7-11(20(16,17)18)12(9)19-5-4-13(2,3)8-15/h6-7H,4-5H2,1-3H3,(H2,16,17,18). The summed E-state index contributed by atoms with van der Waals surface area (Å²) in [4.78, 5) is -0.0564.